The SMILES string of the molecule is COC(=O)[C@H](N)Cc1cc(CC(=O)O)ccc1O. The van der Waals surface area contributed by atoms with Gasteiger partial charge in [0.1, 0.15) is 11.8 Å². The number of phenolic OH excluding ortho intramolecular Hbond substituents is 1. The second-order valence-corrected chi connectivity index (χ2v) is 3.87. The van der Waals surface area contributed by atoms with Crippen molar-refractivity contribution < 1.29 is 24.5 Å². The molecule has 0 aromatic heterocycles. The van der Waals surface area contributed by atoms with Gasteiger partial charge in [0.2, 0.25) is 0 Å². The van der Waals surface area contributed by atoms with E-state index in [-0.39, 0.29) is 18.6 Å². The molecule has 18 heavy (non-hydrogen) atoms. The zero-order valence-corrected chi connectivity index (χ0v) is 9.92. The monoisotopic (exact) mass is 253 g/mol. The van der Waals surface area contributed by atoms with Gasteiger partial charge in [-0.25, -0.2) is 0 Å². The van der Waals surface area contributed by atoms with Gasteiger partial charge in [0.25, 0.3) is 0 Å². The molecule has 1 aromatic carbocycles. The molecule has 0 aliphatic carbocycles. The Balaban J connectivity index is 2.87. The average Bonchev–Trinajstić information content (AvgIpc) is 2.31. The minimum atomic E-state index is -0.969. The lowest BCUT2D eigenvalue weighted by Gasteiger charge is -2.11. The quantitative estimate of drug-likeness (QED) is 0.640. The van der Waals surface area contributed by atoms with E-state index in [1.807, 2.05) is 0 Å². The predicted molar refractivity (Wildman–Crippen MR) is 63.1 cm³/mol. The standard InChI is InChI=1S/C12H15NO5/c1-18-12(17)9(13)6-8-4-7(5-11(15)16)2-3-10(8)14/h2-4,9,14H,5-6,13H2,1H3,(H,15,16)/t9-/m1/s1. The first-order valence-corrected chi connectivity index (χ1v) is 5.30. The molecule has 0 aliphatic rings. The number of aromatic hydroxyl groups is 1. The van der Waals surface area contributed by atoms with Crippen molar-refractivity contribution in [1.29, 1.82) is 0 Å². The fraction of sp³-hybridized carbons (Fsp3) is 0.333. The molecule has 1 atom stereocenters. The van der Waals surface area contributed by atoms with Gasteiger partial charge in [-0.15, -0.1) is 0 Å². The summed E-state index contributed by atoms with van der Waals surface area (Å²) in [5.74, 6) is -1.58. The number of carboxylic acids is 1. The minimum Gasteiger partial charge on any atom is -0.508 e. The van der Waals surface area contributed by atoms with E-state index in [9.17, 15) is 14.7 Å². The molecule has 0 spiro atoms. The molecule has 0 unspecified atom stereocenters. The molecule has 0 fully saturated rings. The summed E-state index contributed by atoms with van der Waals surface area (Å²) in [5.41, 5.74) is 6.54. The van der Waals surface area contributed by atoms with Crippen LogP contribution in [0.1, 0.15) is 11.1 Å². The zero-order valence-electron chi connectivity index (χ0n) is 9.92. The highest BCUT2D eigenvalue weighted by Crippen LogP contribution is 2.20. The van der Waals surface area contributed by atoms with Crippen molar-refractivity contribution >= 4 is 11.9 Å². The van der Waals surface area contributed by atoms with Crippen LogP contribution in [0.25, 0.3) is 0 Å². The van der Waals surface area contributed by atoms with Crippen LogP contribution in [0.3, 0.4) is 0 Å². The van der Waals surface area contributed by atoms with Crippen LogP contribution in [0.4, 0.5) is 0 Å². The second-order valence-electron chi connectivity index (χ2n) is 3.87. The van der Waals surface area contributed by atoms with E-state index in [1.165, 1.54) is 25.3 Å². The van der Waals surface area contributed by atoms with Gasteiger partial charge in [-0.1, -0.05) is 12.1 Å². The number of carboxylic acid groups (broad SMARTS) is 1. The van der Waals surface area contributed by atoms with Crippen LogP contribution in [0, 0.1) is 0 Å². The Bertz CT molecular complexity index is 458. The third-order valence-corrected chi connectivity index (χ3v) is 2.44. The lowest BCUT2D eigenvalue weighted by molar-refractivity contribution is -0.142. The number of hydrogen-bond donors (Lipinski definition) is 3. The Hall–Kier alpha value is -2.08. The first kappa shape index (κ1) is 14.0. The van der Waals surface area contributed by atoms with Crippen molar-refractivity contribution in [2.24, 2.45) is 5.73 Å². The third kappa shape index (κ3) is 3.74. The fourth-order valence-electron chi connectivity index (χ4n) is 1.56. The van der Waals surface area contributed by atoms with Crippen LogP contribution < -0.4 is 5.73 Å². The number of benzene rings is 1. The topological polar surface area (TPSA) is 110 Å². The largest absolute Gasteiger partial charge is 0.508 e. The van der Waals surface area contributed by atoms with E-state index < -0.39 is 18.0 Å². The van der Waals surface area contributed by atoms with Crippen LogP contribution >= 0.6 is 0 Å². The van der Waals surface area contributed by atoms with E-state index in [2.05, 4.69) is 4.74 Å². The van der Waals surface area contributed by atoms with Gasteiger partial charge in [-0.05, 0) is 17.2 Å². The maximum absolute atomic E-state index is 11.2. The maximum Gasteiger partial charge on any atom is 0.322 e. The predicted octanol–water partition coefficient (Wildman–Crippen LogP) is 0.0621. The number of carbonyl (C=O) groups excluding carboxylic acids is 1. The third-order valence-electron chi connectivity index (χ3n) is 2.44. The minimum absolute atomic E-state index is 0.0245. The Morgan fingerprint density at radius 1 is 1.44 bits per heavy atom. The highest BCUT2D eigenvalue weighted by atomic mass is 16.5. The lowest BCUT2D eigenvalue weighted by Crippen LogP contribution is -2.33. The number of aliphatic carboxylic acids is 1. The molecule has 0 aliphatic heterocycles. The van der Waals surface area contributed by atoms with Gasteiger partial charge in [0.15, 0.2) is 0 Å². The fourth-order valence-corrected chi connectivity index (χ4v) is 1.56. The number of nitrogens with two attached hydrogens (primary N) is 1. The first-order valence-electron chi connectivity index (χ1n) is 5.30. The van der Waals surface area contributed by atoms with E-state index in [4.69, 9.17) is 10.8 Å². The summed E-state index contributed by atoms with van der Waals surface area (Å²) in [5, 5.41) is 18.3. The smallest absolute Gasteiger partial charge is 0.322 e. The van der Waals surface area contributed by atoms with E-state index in [0.29, 0.717) is 11.1 Å². The Labute approximate surface area is 104 Å². The van der Waals surface area contributed by atoms with Crippen molar-refractivity contribution in [2.75, 3.05) is 7.11 Å². The van der Waals surface area contributed by atoms with Gasteiger partial charge >= 0.3 is 11.9 Å². The number of ether oxygens (including phenoxy) is 1. The number of methoxy groups -OCH3 is 1. The zero-order chi connectivity index (χ0) is 13.7. The number of phenols is 1. The van der Waals surface area contributed by atoms with E-state index in [0.717, 1.165) is 0 Å². The summed E-state index contributed by atoms with van der Waals surface area (Å²) in [4.78, 5) is 21.7. The molecule has 0 radical (unpaired) electrons. The molecule has 1 aromatic rings. The number of hydrogen-bond acceptors (Lipinski definition) is 5. The Kier molecular flexibility index (Phi) is 4.67. The molecule has 0 saturated carbocycles. The second kappa shape index (κ2) is 6.02. The number of esters is 1. The van der Waals surface area contributed by atoms with Crippen LogP contribution in [0.2, 0.25) is 0 Å². The Morgan fingerprint density at radius 2 is 2.11 bits per heavy atom. The summed E-state index contributed by atoms with van der Waals surface area (Å²) in [7, 11) is 1.23. The maximum atomic E-state index is 11.2. The summed E-state index contributed by atoms with van der Waals surface area (Å²) >= 11 is 0. The molecule has 0 bridgehead atoms. The van der Waals surface area contributed by atoms with Gasteiger partial charge in [0, 0.05) is 6.42 Å². The van der Waals surface area contributed by atoms with Crippen LogP contribution in [-0.4, -0.2) is 35.3 Å². The molecule has 4 N–H and O–H groups in total. The molecule has 0 heterocycles. The van der Waals surface area contributed by atoms with Crippen molar-refractivity contribution in [3.63, 3.8) is 0 Å². The number of carbonyl (C=O) groups is 2. The molecule has 0 amide bonds. The van der Waals surface area contributed by atoms with Gasteiger partial charge in [-0.2, -0.15) is 0 Å². The van der Waals surface area contributed by atoms with Crippen molar-refractivity contribution in [3.8, 4) is 5.75 Å². The van der Waals surface area contributed by atoms with Crippen molar-refractivity contribution in [1.82, 2.24) is 0 Å². The normalized spacial score (nSPS) is 11.9. The highest BCUT2D eigenvalue weighted by molar-refractivity contribution is 5.76. The van der Waals surface area contributed by atoms with Gasteiger partial charge < -0.3 is 20.7 Å². The van der Waals surface area contributed by atoms with Crippen LogP contribution in [0.5, 0.6) is 5.75 Å². The van der Waals surface area contributed by atoms with Crippen molar-refractivity contribution in [3.05, 3.63) is 29.3 Å². The summed E-state index contributed by atoms with van der Waals surface area (Å²) in [6.07, 6.45) is -0.0628. The van der Waals surface area contributed by atoms with Crippen LogP contribution in [0.15, 0.2) is 18.2 Å². The van der Waals surface area contributed by atoms with E-state index in [1.54, 1.807) is 0 Å². The highest BCUT2D eigenvalue weighted by Gasteiger charge is 2.16. The summed E-state index contributed by atoms with van der Waals surface area (Å²) < 4.78 is 4.48. The summed E-state index contributed by atoms with van der Waals surface area (Å²) in [6.45, 7) is 0. The molecular formula is C12H15NO5. The molecular weight excluding hydrogens is 238 g/mol. The lowest BCUT2D eigenvalue weighted by atomic mass is 10.0. The van der Waals surface area contributed by atoms with Gasteiger partial charge in [-0.3, -0.25) is 9.59 Å². The Morgan fingerprint density at radius 3 is 2.67 bits per heavy atom. The van der Waals surface area contributed by atoms with Gasteiger partial charge in [0.05, 0.1) is 13.5 Å². The molecule has 1 rings (SSSR count). The molecule has 6 heteroatoms. The first-order chi connectivity index (χ1) is 8.43. The molecule has 6 nitrogen and oxygen atoms in total. The molecule has 0 saturated heterocycles. The van der Waals surface area contributed by atoms with Crippen molar-refractivity contribution in [2.45, 2.75) is 18.9 Å². The van der Waals surface area contributed by atoms with Crippen LogP contribution in [-0.2, 0) is 27.2 Å². The van der Waals surface area contributed by atoms with E-state index >= 15 is 0 Å². The summed E-state index contributed by atoms with van der Waals surface area (Å²) in [6, 6.07) is 3.53. The molecule has 98 valence electrons. The number of rotatable bonds is 5. The average molecular weight is 253 g/mol.